The lowest BCUT2D eigenvalue weighted by molar-refractivity contribution is -0.131. The van der Waals surface area contributed by atoms with Crippen LogP contribution in [0.4, 0.5) is 5.69 Å². The molecule has 0 saturated carbocycles. The van der Waals surface area contributed by atoms with Crippen LogP contribution in [0.25, 0.3) is 0 Å². The molecular formula is C27H37ClN2O2. The highest BCUT2D eigenvalue weighted by atomic mass is 35.5. The molecule has 1 aliphatic heterocycles. The molecule has 0 aliphatic carbocycles. The number of rotatable bonds is 9. The molecule has 1 fully saturated rings. The first-order valence-corrected chi connectivity index (χ1v) is 12.0. The number of carbonyl (C=O) groups excluding carboxylic acids is 1. The number of amides is 1. The topological polar surface area (TPSA) is 32.8 Å². The van der Waals surface area contributed by atoms with Gasteiger partial charge < -0.3 is 14.5 Å². The van der Waals surface area contributed by atoms with E-state index in [9.17, 15) is 4.79 Å². The van der Waals surface area contributed by atoms with Gasteiger partial charge in [0.1, 0.15) is 5.88 Å². The third-order valence-electron chi connectivity index (χ3n) is 6.55. The quantitative estimate of drug-likeness (QED) is 0.465. The maximum atomic E-state index is 12.7. The summed E-state index contributed by atoms with van der Waals surface area (Å²) in [6.45, 7) is 6.40. The van der Waals surface area contributed by atoms with Gasteiger partial charge in [-0.25, -0.2) is 0 Å². The monoisotopic (exact) mass is 456 g/mol. The smallest absolute Gasteiger partial charge is 0.237 e. The van der Waals surface area contributed by atoms with Crippen LogP contribution in [0.1, 0.15) is 44.2 Å². The first-order chi connectivity index (χ1) is 15.2. The molecule has 1 atom stereocenters. The number of alkyl halides is 1. The van der Waals surface area contributed by atoms with Gasteiger partial charge in [0.05, 0.1) is 5.60 Å². The third-order valence-corrected chi connectivity index (χ3v) is 6.78. The first kappa shape index (κ1) is 24.6. The van der Waals surface area contributed by atoms with E-state index in [-0.39, 0.29) is 22.8 Å². The van der Waals surface area contributed by atoms with Gasteiger partial charge in [0, 0.05) is 39.5 Å². The van der Waals surface area contributed by atoms with E-state index < -0.39 is 0 Å². The number of carbonyl (C=O) groups is 1. The van der Waals surface area contributed by atoms with E-state index in [0.29, 0.717) is 13.1 Å². The van der Waals surface area contributed by atoms with E-state index in [1.54, 1.807) is 0 Å². The van der Waals surface area contributed by atoms with Crippen LogP contribution in [0, 0.1) is 5.41 Å². The molecule has 1 saturated heterocycles. The molecule has 0 aromatic heterocycles. The van der Waals surface area contributed by atoms with Crippen LogP contribution in [-0.4, -0.2) is 49.5 Å². The molecule has 2 aromatic carbocycles. The second kappa shape index (κ2) is 10.7. The molecule has 2 aromatic rings. The van der Waals surface area contributed by atoms with Crippen molar-refractivity contribution in [3.63, 3.8) is 0 Å². The van der Waals surface area contributed by atoms with Gasteiger partial charge in [-0.2, -0.15) is 0 Å². The van der Waals surface area contributed by atoms with E-state index in [0.717, 1.165) is 43.5 Å². The van der Waals surface area contributed by atoms with Crippen LogP contribution in [0.3, 0.4) is 0 Å². The summed E-state index contributed by atoms with van der Waals surface area (Å²) in [7, 11) is 4.06. The summed E-state index contributed by atoms with van der Waals surface area (Å²) in [5.41, 5.74) is 3.56. The van der Waals surface area contributed by atoms with Crippen LogP contribution >= 0.6 is 11.6 Å². The maximum absolute atomic E-state index is 12.7. The second-order valence-electron chi connectivity index (χ2n) is 9.96. The number of anilines is 1. The summed E-state index contributed by atoms with van der Waals surface area (Å²) in [6, 6.07) is 19.1. The molecule has 0 bridgehead atoms. The Morgan fingerprint density at radius 1 is 1.03 bits per heavy atom. The zero-order valence-corrected chi connectivity index (χ0v) is 20.7. The standard InChI is InChI=1S/C27H37ClN2O2/c1-26(2)21-27(15-17-32-26,18-22-8-6-5-7-9-22)14-16-30(25(31)19-28)20-23-10-12-24(13-11-23)29(3)4/h5-13H,14-21H2,1-4H3. The summed E-state index contributed by atoms with van der Waals surface area (Å²) >= 11 is 5.99. The predicted molar refractivity (Wildman–Crippen MR) is 133 cm³/mol. The van der Waals surface area contributed by atoms with E-state index in [4.69, 9.17) is 16.3 Å². The average molecular weight is 457 g/mol. The molecule has 32 heavy (non-hydrogen) atoms. The van der Waals surface area contributed by atoms with Gasteiger partial charge in [0.15, 0.2) is 0 Å². The number of hydrogen-bond acceptors (Lipinski definition) is 3. The van der Waals surface area contributed by atoms with Crippen LogP contribution in [0.5, 0.6) is 0 Å². The van der Waals surface area contributed by atoms with Crippen molar-refractivity contribution in [2.75, 3.05) is 38.0 Å². The average Bonchev–Trinajstić information content (AvgIpc) is 2.76. The highest BCUT2D eigenvalue weighted by molar-refractivity contribution is 6.27. The predicted octanol–water partition coefficient (Wildman–Crippen LogP) is 5.53. The van der Waals surface area contributed by atoms with Gasteiger partial charge in [0.2, 0.25) is 5.91 Å². The fourth-order valence-corrected chi connectivity index (χ4v) is 5.11. The molecule has 4 nitrogen and oxygen atoms in total. The van der Waals surface area contributed by atoms with E-state index >= 15 is 0 Å². The lowest BCUT2D eigenvalue weighted by Gasteiger charge is -2.46. The van der Waals surface area contributed by atoms with Crippen molar-refractivity contribution in [2.45, 2.75) is 51.7 Å². The fraction of sp³-hybridized carbons (Fsp3) is 0.519. The number of benzene rings is 2. The molecule has 1 heterocycles. The molecule has 0 N–H and O–H groups in total. The number of halogens is 1. The zero-order valence-electron chi connectivity index (χ0n) is 19.9. The Morgan fingerprint density at radius 3 is 2.31 bits per heavy atom. The van der Waals surface area contributed by atoms with Crippen LogP contribution in [-0.2, 0) is 22.5 Å². The molecule has 0 radical (unpaired) electrons. The lowest BCUT2D eigenvalue weighted by atomic mass is 9.68. The van der Waals surface area contributed by atoms with Gasteiger partial charge in [0.25, 0.3) is 0 Å². The van der Waals surface area contributed by atoms with Crippen LogP contribution in [0.2, 0.25) is 0 Å². The van der Waals surface area contributed by atoms with Crippen molar-refractivity contribution in [2.24, 2.45) is 5.41 Å². The Balaban J connectivity index is 1.76. The number of nitrogens with zero attached hydrogens (tertiary/aromatic N) is 2. The molecule has 1 aliphatic rings. The number of ether oxygens (including phenoxy) is 1. The molecule has 5 heteroatoms. The van der Waals surface area contributed by atoms with E-state index in [1.165, 1.54) is 5.56 Å². The van der Waals surface area contributed by atoms with E-state index in [2.05, 4.69) is 73.3 Å². The van der Waals surface area contributed by atoms with Crippen LogP contribution < -0.4 is 4.90 Å². The second-order valence-corrected chi connectivity index (χ2v) is 10.2. The van der Waals surface area contributed by atoms with Gasteiger partial charge in [-0.15, -0.1) is 11.6 Å². The summed E-state index contributed by atoms with van der Waals surface area (Å²) in [6.07, 6.45) is 3.93. The molecule has 174 valence electrons. The summed E-state index contributed by atoms with van der Waals surface area (Å²) in [5.74, 6) is 0.000300. The lowest BCUT2D eigenvalue weighted by Crippen LogP contribution is -2.45. The SMILES string of the molecule is CN(C)c1ccc(CN(CCC2(Cc3ccccc3)CCOC(C)(C)C2)C(=O)CCl)cc1. The van der Waals surface area contributed by atoms with Crippen molar-refractivity contribution in [1.29, 1.82) is 0 Å². The van der Waals surface area contributed by atoms with Gasteiger partial charge in [-0.3, -0.25) is 4.79 Å². The van der Waals surface area contributed by atoms with Crippen molar-refractivity contribution < 1.29 is 9.53 Å². The van der Waals surface area contributed by atoms with Crippen LogP contribution in [0.15, 0.2) is 54.6 Å². The minimum Gasteiger partial charge on any atom is -0.378 e. The van der Waals surface area contributed by atoms with Crippen molar-refractivity contribution in [3.05, 3.63) is 65.7 Å². The minimum atomic E-state index is -0.156. The molecule has 1 amide bonds. The van der Waals surface area contributed by atoms with E-state index in [1.807, 2.05) is 19.0 Å². The zero-order chi connectivity index (χ0) is 23.2. The molecular weight excluding hydrogens is 420 g/mol. The molecule has 0 spiro atoms. The highest BCUT2D eigenvalue weighted by Crippen LogP contribution is 2.44. The third kappa shape index (κ3) is 6.73. The Hall–Kier alpha value is -2.04. The van der Waals surface area contributed by atoms with Crippen molar-refractivity contribution in [3.8, 4) is 0 Å². The molecule has 1 unspecified atom stereocenters. The Bertz CT molecular complexity index is 867. The Morgan fingerprint density at radius 2 is 1.72 bits per heavy atom. The first-order valence-electron chi connectivity index (χ1n) is 11.5. The minimum absolute atomic E-state index is 0.00969. The fourth-order valence-electron chi connectivity index (χ4n) is 4.94. The normalized spacial score (nSPS) is 20.0. The Labute approximate surface area is 198 Å². The molecule has 3 rings (SSSR count). The van der Waals surface area contributed by atoms with Gasteiger partial charge >= 0.3 is 0 Å². The van der Waals surface area contributed by atoms with Crippen molar-refractivity contribution >= 4 is 23.2 Å². The summed E-state index contributed by atoms with van der Waals surface area (Å²) in [5, 5.41) is 0. The van der Waals surface area contributed by atoms with Crippen molar-refractivity contribution in [1.82, 2.24) is 4.90 Å². The van der Waals surface area contributed by atoms with Gasteiger partial charge in [-0.1, -0.05) is 42.5 Å². The largest absolute Gasteiger partial charge is 0.378 e. The van der Waals surface area contributed by atoms with Gasteiger partial charge in [-0.05, 0) is 68.2 Å². The highest BCUT2D eigenvalue weighted by Gasteiger charge is 2.41. The maximum Gasteiger partial charge on any atom is 0.237 e. The summed E-state index contributed by atoms with van der Waals surface area (Å²) in [4.78, 5) is 16.7. The Kier molecular flexibility index (Phi) is 8.24. The summed E-state index contributed by atoms with van der Waals surface area (Å²) < 4.78 is 6.05. The number of hydrogen-bond donors (Lipinski definition) is 0.